The van der Waals surface area contributed by atoms with Crippen LogP contribution < -0.4 is 5.32 Å². The van der Waals surface area contributed by atoms with Crippen LogP contribution in [-0.2, 0) is 11.8 Å². The van der Waals surface area contributed by atoms with Gasteiger partial charge < -0.3 is 14.8 Å². The van der Waals surface area contributed by atoms with Gasteiger partial charge in [-0.1, -0.05) is 0 Å². The lowest BCUT2D eigenvalue weighted by atomic mass is 9.94. The zero-order valence-corrected chi connectivity index (χ0v) is 14.2. The van der Waals surface area contributed by atoms with Crippen molar-refractivity contribution in [3.8, 4) is 0 Å². The van der Waals surface area contributed by atoms with Gasteiger partial charge in [-0.25, -0.2) is 0 Å². The molecule has 0 radical (unpaired) electrons. The molecule has 1 aliphatic rings. The molecule has 0 bridgehead atoms. The highest BCUT2D eigenvalue weighted by Crippen LogP contribution is 2.36. The number of carbonyl (C=O) groups excluding carboxylic acids is 2. The lowest BCUT2D eigenvalue weighted by molar-refractivity contribution is -0.127. The summed E-state index contributed by atoms with van der Waals surface area (Å²) in [6.45, 7) is 2.42. The second kappa shape index (κ2) is 6.47. The number of nitrogens with one attached hydrogen (secondary N) is 1. The molecular formula is C18H22N4O2. The smallest absolute Gasteiger partial charge is 0.267 e. The standard InChI is InChI=1S/C18H22N4O2/c1-12-4-5-15(21(12)2)18(24)20-11-14-10-16(23)22(3)17(14)13-6-8-19-9-7-13/h4-9,14,17H,10-11H2,1-3H3,(H,20,24)/t14-,17-/m0/s1. The first-order valence-electron chi connectivity index (χ1n) is 8.05. The van der Waals surface area contributed by atoms with Gasteiger partial charge in [0.05, 0.1) is 6.04 Å². The summed E-state index contributed by atoms with van der Waals surface area (Å²) in [5.41, 5.74) is 2.71. The predicted octanol–water partition coefficient (Wildman–Crippen LogP) is 1.68. The van der Waals surface area contributed by atoms with Crippen molar-refractivity contribution in [1.82, 2.24) is 19.8 Å². The number of carbonyl (C=O) groups is 2. The Morgan fingerprint density at radius 1 is 1.25 bits per heavy atom. The first-order chi connectivity index (χ1) is 11.5. The highest BCUT2D eigenvalue weighted by molar-refractivity contribution is 5.93. The molecule has 126 valence electrons. The molecule has 24 heavy (non-hydrogen) atoms. The fraction of sp³-hybridized carbons (Fsp3) is 0.389. The van der Waals surface area contributed by atoms with Gasteiger partial charge in [0, 0.05) is 51.1 Å². The highest BCUT2D eigenvalue weighted by Gasteiger charge is 2.38. The maximum absolute atomic E-state index is 12.4. The van der Waals surface area contributed by atoms with Gasteiger partial charge in [-0.3, -0.25) is 14.6 Å². The van der Waals surface area contributed by atoms with E-state index in [1.54, 1.807) is 17.3 Å². The van der Waals surface area contributed by atoms with Crippen LogP contribution in [0.5, 0.6) is 0 Å². The fourth-order valence-corrected chi connectivity index (χ4v) is 3.35. The average Bonchev–Trinajstić information content (AvgIpc) is 3.06. The maximum Gasteiger partial charge on any atom is 0.267 e. The van der Waals surface area contributed by atoms with Crippen molar-refractivity contribution in [2.24, 2.45) is 13.0 Å². The van der Waals surface area contributed by atoms with Crippen LogP contribution in [0.15, 0.2) is 36.7 Å². The van der Waals surface area contributed by atoms with Gasteiger partial charge in [-0.05, 0) is 36.8 Å². The molecule has 2 aromatic heterocycles. The molecule has 1 fully saturated rings. The van der Waals surface area contributed by atoms with Crippen LogP contribution in [0.25, 0.3) is 0 Å². The molecule has 2 atom stereocenters. The Hall–Kier alpha value is -2.63. The Balaban J connectivity index is 1.72. The molecule has 2 amide bonds. The first kappa shape index (κ1) is 16.2. The molecule has 3 rings (SSSR count). The van der Waals surface area contributed by atoms with Crippen molar-refractivity contribution in [2.75, 3.05) is 13.6 Å². The quantitative estimate of drug-likeness (QED) is 0.929. The second-order valence-corrected chi connectivity index (χ2v) is 6.32. The Kier molecular flexibility index (Phi) is 4.38. The van der Waals surface area contributed by atoms with Crippen LogP contribution in [0, 0.1) is 12.8 Å². The third-order valence-electron chi connectivity index (χ3n) is 4.87. The van der Waals surface area contributed by atoms with Gasteiger partial charge in [0.25, 0.3) is 5.91 Å². The van der Waals surface area contributed by atoms with Crippen LogP contribution in [-0.4, -0.2) is 39.9 Å². The zero-order chi connectivity index (χ0) is 17.3. The van der Waals surface area contributed by atoms with Gasteiger partial charge in [0.2, 0.25) is 5.91 Å². The van der Waals surface area contributed by atoms with Crippen LogP contribution >= 0.6 is 0 Å². The van der Waals surface area contributed by atoms with Crippen LogP contribution in [0.4, 0.5) is 0 Å². The number of amides is 2. The Bertz CT molecular complexity index is 754. The molecular weight excluding hydrogens is 304 g/mol. The molecule has 6 nitrogen and oxygen atoms in total. The number of likely N-dealkylation sites (tertiary alicyclic amines) is 1. The van der Waals surface area contributed by atoms with Gasteiger partial charge in [-0.15, -0.1) is 0 Å². The summed E-state index contributed by atoms with van der Waals surface area (Å²) in [7, 11) is 3.69. The van der Waals surface area contributed by atoms with E-state index in [1.165, 1.54) is 0 Å². The van der Waals surface area contributed by atoms with E-state index in [0.717, 1.165) is 11.3 Å². The van der Waals surface area contributed by atoms with E-state index in [2.05, 4.69) is 10.3 Å². The van der Waals surface area contributed by atoms with E-state index >= 15 is 0 Å². The molecule has 0 aliphatic carbocycles. The number of nitrogens with zero attached hydrogens (tertiary/aromatic N) is 3. The van der Waals surface area contributed by atoms with E-state index in [0.29, 0.717) is 18.7 Å². The molecule has 2 aromatic rings. The lowest BCUT2D eigenvalue weighted by Crippen LogP contribution is -2.33. The van der Waals surface area contributed by atoms with E-state index in [1.807, 2.05) is 49.9 Å². The Morgan fingerprint density at radius 3 is 2.58 bits per heavy atom. The van der Waals surface area contributed by atoms with Crippen molar-refractivity contribution >= 4 is 11.8 Å². The Labute approximate surface area is 141 Å². The number of hydrogen-bond acceptors (Lipinski definition) is 3. The number of aryl methyl sites for hydroxylation is 1. The molecule has 1 N–H and O–H groups in total. The predicted molar refractivity (Wildman–Crippen MR) is 90.3 cm³/mol. The van der Waals surface area contributed by atoms with E-state index in [-0.39, 0.29) is 23.8 Å². The molecule has 0 aromatic carbocycles. The molecule has 1 aliphatic heterocycles. The maximum atomic E-state index is 12.4. The number of aromatic nitrogens is 2. The minimum absolute atomic E-state index is 0.0315. The highest BCUT2D eigenvalue weighted by atomic mass is 16.2. The minimum atomic E-state index is -0.110. The summed E-state index contributed by atoms with van der Waals surface area (Å²) in [5.74, 6) is 0.0436. The van der Waals surface area contributed by atoms with Crippen molar-refractivity contribution in [2.45, 2.75) is 19.4 Å². The fourth-order valence-electron chi connectivity index (χ4n) is 3.35. The summed E-state index contributed by atoms with van der Waals surface area (Å²) < 4.78 is 1.86. The monoisotopic (exact) mass is 326 g/mol. The van der Waals surface area contributed by atoms with Gasteiger partial charge in [0.15, 0.2) is 0 Å². The van der Waals surface area contributed by atoms with E-state index < -0.39 is 0 Å². The Morgan fingerprint density at radius 2 is 1.96 bits per heavy atom. The normalized spacial score (nSPS) is 20.5. The summed E-state index contributed by atoms with van der Waals surface area (Å²) >= 11 is 0. The molecule has 0 unspecified atom stereocenters. The first-order valence-corrected chi connectivity index (χ1v) is 8.05. The summed E-state index contributed by atoms with van der Waals surface area (Å²) in [4.78, 5) is 30.3. The van der Waals surface area contributed by atoms with Gasteiger partial charge in [0.1, 0.15) is 5.69 Å². The molecule has 0 spiro atoms. The molecule has 6 heteroatoms. The lowest BCUT2D eigenvalue weighted by Gasteiger charge is -2.25. The summed E-state index contributed by atoms with van der Waals surface area (Å²) in [6.07, 6.45) is 3.90. The SMILES string of the molecule is Cc1ccc(C(=O)NC[C@@H]2CC(=O)N(C)[C@H]2c2ccncc2)n1C. The average molecular weight is 326 g/mol. The molecule has 1 saturated heterocycles. The second-order valence-electron chi connectivity index (χ2n) is 6.32. The van der Waals surface area contributed by atoms with Crippen LogP contribution in [0.1, 0.15) is 34.2 Å². The van der Waals surface area contributed by atoms with Crippen LogP contribution in [0.3, 0.4) is 0 Å². The number of pyridine rings is 1. The molecule has 3 heterocycles. The van der Waals surface area contributed by atoms with Gasteiger partial charge >= 0.3 is 0 Å². The van der Waals surface area contributed by atoms with E-state index in [9.17, 15) is 9.59 Å². The number of hydrogen-bond donors (Lipinski definition) is 1. The van der Waals surface area contributed by atoms with Crippen LogP contribution in [0.2, 0.25) is 0 Å². The van der Waals surface area contributed by atoms with Crippen molar-refractivity contribution in [3.05, 3.63) is 53.6 Å². The summed E-state index contributed by atoms with van der Waals surface area (Å²) in [6, 6.07) is 7.55. The minimum Gasteiger partial charge on any atom is -0.350 e. The van der Waals surface area contributed by atoms with Gasteiger partial charge in [-0.2, -0.15) is 0 Å². The number of rotatable bonds is 4. The largest absolute Gasteiger partial charge is 0.350 e. The van der Waals surface area contributed by atoms with E-state index in [4.69, 9.17) is 0 Å². The third kappa shape index (κ3) is 2.91. The van der Waals surface area contributed by atoms with Crippen molar-refractivity contribution in [1.29, 1.82) is 0 Å². The zero-order valence-electron chi connectivity index (χ0n) is 14.2. The van der Waals surface area contributed by atoms with Crippen molar-refractivity contribution in [3.63, 3.8) is 0 Å². The molecule has 0 saturated carbocycles. The van der Waals surface area contributed by atoms with Crippen molar-refractivity contribution < 1.29 is 9.59 Å². The third-order valence-corrected chi connectivity index (χ3v) is 4.87. The summed E-state index contributed by atoms with van der Waals surface area (Å²) in [5, 5.41) is 2.98. The topological polar surface area (TPSA) is 67.2 Å².